The molecule has 1 heterocycles. The third-order valence-electron chi connectivity index (χ3n) is 2.82. The lowest BCUT2D eigenvalue weighted by Gasteiger charge is -2.15. The largest absolute Gasteiger partial charge is 0.493 e. The van der Waals surface area contributed by atoms with E-state index in [1.54, 1.807) is 0 Å². The lowest BCUT2D eigenvalue weighted by molar-refractivity contribution is 0.0792. The molecule has 1 aliphatic rings. The van der Waals surface area contributed by atoms with Gasteiger partial charge in [-0.2, -0.15) is 0 Å². The number of carbonyl (C=O) groups excluding carboxylic acids is 1. The Labute approximate surface area is 110 Å². The number of amides is 1. The van der Waals surface area contributed by atoms with E-state index in [2.05, 4.69) is 15.9 Å². The van der Waals surface area contributed by atoms with E-state index in [1.807, 2.05) is 29.2 Å². The van der Waals surface area contributed by atoms with Gasteiger partial charge in [-0.05, 0) is 31.0 Å². The van der Waals surface area contributed by atoms with Gasteiger partial charge in [-0.3, -0.25) is 4.79 Å². The molecule has 0 atom stereocenters. The fourth-order valence-electron chi connectivity index (χ4n) is 1.98. The van der Waals surface area contributed by atoms with Gasteiger partial charge in [0, 0.05) is 24.0 Å². The van der Waals surface area contributed by atoms with Gasteiger partial charge in [0.2, 0.25) is 0 Å². The molecule has 0 bridgehead atoms. The van der Waals surface area contributed by atoms with Crippen LogP contribution in [0, 0.1) is 0 Å². The summed E-state index contributed by atoms with van der Waals surface area (Å²) in [7, 11) is 0. The van der Waals surface area contributed by atoms with Crippen molar-refractivity contribution >= 4 is 21.8 Å². The van der Waals surface area contributed by atoms with Gasteiger partial charge in [-0.25, -0.2) is 0 Å². The minimum atomic E-state index is 0.117. The van der Waals surface area contributed by atoms with E-state index in [1.165, 1.54) is 0 Å². The van der Waals surface area contributed by atoms with Crippen molar-refractivity contribution in [2.24, 2.45) is 0 Å². The summed E-state index contributed by atoms with van der Waals surface area (Å²) in [5, 5.41) is 0.789. The Bertz CT molecular complexity index is 389. The highest BCUT2D eigenvalue weighted by atomic mass is 79.9. The second kappa shape index (κ2) is 6.05. The highest BCUT2D eigenvalue weighted by Crippen LogP contribution is 2.17. The first-order valence-corrected chi connectivity index (χ1v) is 7.01. The summed E-state index contributed by atoms with van der Waals surface area (Å²) in [5.74, 6) is 0.876. The zero-order valence-corrected chi connectivity index (χ0v) is 11.3. The topological polar surface area (TPSA) is 29.5 Å². The second-order valence-electron chi connectivity index (χ2n) is 4.06. The van der Waals surface area contributed by atoms with Gasteiger partial charge in [0.1, 0.15) is 5.75 Å². The summed E-state index contributed by atoms with van der Waals surface area (Å²) < 4.78 is 5.49. The van der Waals surface area contributed by atoms with Crippen LogP contribution in [-0.2, 0) is 0 Å². The van der Waals surface area contributed by atoms with E-state index in [9.17, 15) is 4.79 Å². The van der Waals surface area contributed by atoms with Crippen LogP contribution in [0.1, 0.15) is 23.2 Å². The predicted molar refractivity (Wildman–Crippen MR) is 70.9 cm³/mol. The summed E-state index contributed by atoms with van der Waals surface area (Å²) in [6, 6.07) is 7.42. The Morgan fingerprint density at radius 2 is 2.12 bits per heavy atom. The maximum Gasteiger partial charge on any atom is 0.253 e. The number of benzene rings is 1. The fourth-order valence-corrected chi connectivity index (χ4v) is 2.14. The molecule has 0 aromatic heterocycles. The van der Waals surface area contributed by atoms with Gasteiger partial charge in [0.25, 0.3) is 5.91 Å². The molecule has 0 unspecified atom stereocenters. The Balaban J connectivity index is 2.06. The van der Waals surface area contributed by atoms with Crippen LogP contribution in [-0.4, -0.2) is 35.8 Å². The van der Waals surface area contributed by atoms with Crippen LogP contribution < -0.4 is 4.74 Å². The molecular formula is C13H16BrNO2. The number of alkyl halides is 1. The van der Waals surface area contributed by atoms with Gasteiger partial charge < -0.3 is 9.64 Å². The van der Waals surface area contributed by atoms with Crippen LogP contribution in [0.5, 0.6) is 5.75 Å². The molecule has 0 spiro atoms. The first-order valence-electron chi connectivity index (χ1n) is 5.89. The van der Waals surface area contributed by atoms with Gasteiger partial charge >= 0.3 is 0 Å². The summed E-state index contributed by atoms with van der Waals surface area (Å²) in [4.78, 5) is 14.0. The molecule has 1 fully saturated rings. The molecule has 1 aromatic carbocycles. The number of nitrogens with zero attached hydrogens (tertiary/aromatic N) is 1. The molecule has 2 rings (SSSR count). The number of ether oxygens (including phenoxy) is 1. The highest BCUT2D eigenvalue weighted by molar-refractivity contribution is 9.09. The van der Waals surface area contributed by atoms with Crippen molar-refractivity contribution in [1.82, 2.24) is 4.90 Å². The van der Waals surface area contributed by atoms with E-state index in [-0.39, 0.29) is 5.91 Å². The van der Waals surface area contributed by atoms with E-state index in [0.717, 1.165) is 42.6 Å². The van der Waals surface area contributed by atoms with Crippen molar-refractivity contribution in [3.63, 3.8) is 0 Å². The maximum absolute atomic E-state index is 12.1. The molecule has 1 aromatic rings. The third kappa shape index (κ3) is 3.22. The van der Waals surface area contributed by atoms with Crippen LogP contribution >= 0.6 is 15.9 Å². The smallest absolute Gasteiger partial charge is 0.253 e. The van der Waals surface area contributed by atoms with E-state index < -0.39 is 0 Å². The first kappa shape index (κ1) is 12.4. The lowest BCUT2D eigenvalue weighted by Crippen LogP contribution is -2.27. The van der Waals surface area contributed by atoms with Crippen molar-refractivity contribution in [2.45, 2.75) is 12.8 Å². The third-order valence-corrected chi connectivity index (χ3v) is 3.14. The summed E-state index contributed by atoms with van der Waals surface area (Å²) in [6.07, 6.45) is 2.23. The second-order valence-corrected chi connectivity index (χ2v) is 4.86. The summed E-state index contributed by atoms with van der Waals surface area (Å²) in [6.45, 7) is 2.37. The minimum absolute atomic E-state index is 0.117. The Kier molecular flexibility index (Phi) is 4.42. The Morgan fingerprint density at radius 3 is 2.82 bits per heavy atom. The van der Waals surface area contributed by atoms with Crippen LogP contribution in [0.2, 0.25) is 0 Å². The fraction of sp³-hybridized carbons (Fsp3) is 0.462. The number of rotatable bonds is 4. The average Bonchev–Trinajstić information content (AvgIpc) is 2.89. The number of likely N-dealkylation sites (tertiary alicyclic amines) is 1. The number of hydrogen-bond acceptors (Lipinski definition) is 2. The standard InChI is InChI=1S/C13H16BrNO2/c14-6-9-17-12-5-3-4-11(10-12)13(16)15-7-1-2-8-15/h3-5,10H,1-2,6-9H2. The van der Waals surface area contributed by atoms with Gasteiger partial charge in [0.05, 0.1) is 6.61 Å². The average molecular weight is 298 g/mol. The summed E-state index contributed by atoms with van der Waals surface area (Å²) >= 11 is 3.31. The monoisotopic (exact) mass is 297 g/mol. The van der Waals surface area contributed by atoms with E-state index >= 15 is 0 Å². The minimum Gasteiger partial charge on any atom is -0.493 e. The molecule has 3 nitrogen and oxygen atoms in total. The molecule has 0 radical (unpaired) electrons. The van der Waals surface area contributed by atoms with Gasteiger partial charge in [-0.15, -0.1) is 0 Å². The molecule has 92 valence electrons. The van der Waals surface area contributed by atoms with E-state index in [0.29, 0.717) is 6.61 Å². The SMILES string of the molecule is O=C(c1cccc(OCCBr)c1)N1CCCC1. The van der Waals surface area contributed by atoms with Crippen molar-refractivity contribution in [1.29, 1.82) is 0 Å². The summed E-state index contributed by atoms with van der Waals surface area (Å²) in [5.41, 5.74) is 0.721. The quantitative estimate of drug-likeness (QED) is 0.800. The number of hydrogen-bond donors (Lipinski definition) is 0. The van der Waals surface area contributed by atoms with Crippen LogP contribution in [0.4, 0.5) is 0 Å². The highest BCUT2D eigenvalue weighted by Gasteiger charge is 2.19. The van der Waals surface area contributed by atoms with Crippen molar-refractivity contribution < 1.29 is 9.53 Å². The molecule has 1 saturated heterocycles. The van der Waals surface area contributed by atoms with Crippen LogP contribution in [0.15, 0.2) is 24.3 Å². The molecule has 4 heteroatoms. The van der Waals surface area contributed by atoms with Gasteiger partial charge in [0.15, 0.2) is 0 Å². The van der Waals surface area contributed by atoms with Crippen molar-refractivity contribution in [3.8, 4) is 5.75 Å². The molecule has 1 amide bonds. The zero-order chi connectivity index (χ0) is 12.1. The van der Waals surface area contributed by atoms with Crippen LogP contribution in [0.3, 0.4) is 0 Å². The predicted octanol–water partition coefficient (Wildman–Crippen LogP) is 2.70. The van der Waals surface area contributed by atoms with Crippen LogP contribution in [0.25, 0.3) is 0 Å². The maximum atomic E-state index is 12.1. The molecular weight excluding hydrogens is 282 g/mol. The lowest BCUT2D eigenvalue weighted by atomic mass is 10.2. The zero-order valence-electron chi connectivity index (χ0n) is 9.69. The van der Waals surface area contributed by atoms with Gasteiger partial charge in [-0.1, -0.05) is 22.0 Å². The number of carbonyl (C=O) groups is 1. The molecule has 0 saturated carbocycles. The Morgan fingerprint density at radius 1 is 1.35 bits per heavy atom. The molecule has 0 aliphatic carbocycles. The molecule has 0 N–H and O–H groups in total. The molecule has 1 aliphatic heterocycles. The van der Waals surface area contributed by atoms with E-state index in [4.69, 9.17) is 4.74 Å². The first-order chi connectivity index (χ1) is 8.31. The van der Waals surface area contributed by atoms with Crippen molar-refractivity contribution in [3.05, 3.63) is 29.8 Å². The molecule has 17 heavy (non-hydrogen) atoms. The number of halogens is 1. The Hall–Kier alpha value is -1.03. The van der Waals surface area contributed by atoms with Crippen molar-refractivity contribution in [2.75, 3.05) is 25.0 Å². The normalized spacial score (nSPS) is 15.0.